The molecule has 2 fully saturated rings. The van der Waals surface area contributed by atoms with E-state index in [4.69, 9.17) is 11.6 Å². The fourth-order valence-electron chi connectivity index (χ4n) is 4.18. The summed E-state index contributed by atoms with van der Waals surface area (Å²) >= 11 is 6.00. The Kier molecular flexibility index (Phi) is 5.29. The number of hydrogen-bond acceptors (Lipinski definition) is 4. The highest BCUT2D eigenvalue weighted by molar-refractivity contribution is 6.30. The molecule has 0 bridgehead atoms. The summed E-state index contributed by atoms with van der Waals surface area (Å²) in [4.78, 5) is 34.1. The summed E-state index contributed by atoms with van der Waals surface area (Å²) in [5, 5.41) is 3.44. The Bertz CT molecular complexity index is 668. The molecule has 136 valence electrons. The van der Waals surface area contributed by atoms with Crippen molar-refractivity contribution in [1.29, 1.82) is 0 Å². The number of amides is 2. The third-order valence-electron chi connectivity index (χ3n) is 5.46. The Morgan fingerprint density at radius 2 is 2.16 bits per heavy atom. The van der Waals surface area contributed by atoms with Gasteiger partial charge in [-0.05, 0) is 45.8 Å². The zero-order valence-corrected chi connectivity index (χ0v) is 15.6. The molecular formula is C18H25ClN4O2. The summed E-state index contributed by atoms with van der Waals surface area (Å²) in [6, 6.07) is 1.52. The van der Waals surface area contributed by atoms with Crippen LogP contribution in [0.15, 0.2) is 18.5 Å². The van der Waals surface area contributed by atoms with Gasteiger partial charge < -0.3 is 15.1 Å². The van der Waals surface area contributed by atoms with Gasteiger partial charge in [0, 0.05) is 32.0 Å². The third-order valence-corrected chi connectivity index (χ3v) is 5.67. The van der Waals surface area contributed by atoms with Gasteiger partial charge in [-0.1, -0.05) is 11.6 Å². The Morgan fingerprint density at radius 3 is 2.88 bits per heavy atom. The van der Waals surface area contributed by atoms with Gasteiger partial charge in [0.15, 0.2) is 0 Å². The van der Waals surface area contributed by atoms with Crippen LogP contribution in [0.5, 0.6) is 0 Å². The maximum absolute atomic E-state index is 13.1. The Balaban J connectivity index is 1.94. The molecule has 1 aromatic heterocycles. The summed E-state index contributed by atoms with van der Waals surface area (Å²) in [5.41, 5.74) is -0.0185. The normalized spacial score (nSPS) is 26.8. The van der Waals surface area contributed by atoms with E-state index >= 15 is 0 Å². The van der Waals surface area contributed by atoms with Crippen molar-refractivity contribution in [1.82, 2.24) is 20.1 Å². The highest BCUT2D eigenvalue weighted by atomic mass is 35.5. The predicted octanol–water partition coefficient (Wildman–Crippen LogP) is 1.80. The van der Waals surface area contributed by atoms with Crippen LogP contribution in [-0.2, 0) is 4.79 Å². The molecule has 0 saturated carbocycles. The van der Waals surface area contributed by atoms with Crippen LogP contribution in [0.3, 0.4) is 0 Å². The van der Waals surface area contributed by atoms with Crippen molar-refractivity contribution in [2.45, 2.75) is 32.2 Å². The average Bonchev–Trinajstić information content (AvgIpc) is 2.61. The SMILES string of the molecule is CCNC(=O)[C@@]12CCCN(C(=O)c3cncc(Cl)c3)[C@H]1CN(C)CC2. The van der Waals surface area contributed by atoms with Crippen molar-refractivity contribution in [3.63, 3.8) is 0 Å². The number of halogens is 1. The topological polar surface area (TPSA) is 65.5 Å². The van der Waals surface area contributed by atoms with Crippen molar-refractivity contribution in [3.05, 3.63) is 29.0 Å². The lowest BCUT2D eigenvalue weighted by Gasteiger charge is -2.53. The van der Waals surface area contributed by atoms with E-state index in [1.54, 1.807) is 12.3 Å². The number of nitrogens with zero attached hydrogens (tertiary/aromatic N) is 3. The van der Waals surface area contributed by atoms with Gasteiger partial charge in [0.1, 0.15) is 0 Å². The number of fused-ring (bicyclic) bond motifs is 1. The summed E-state index contributed by atoms with van der Waals surface area (Å²) in [7, 11) is 2.04. The van der Waals surface area contributed by atoms with Crippen LogP contribution in [0.1, 0.15) is 36.5 Å². The van der Waals surface area contributed by atoms with Crippen LogP contribution in [0, 0.1) is 5.41 Å². The molecule has 25 heavy (non-hydrogen) atoms. The molecular weight excluding hydrogens is 340 g/mol. The second kappa shape index (κ2) is 7.30. The number of piperidine rings is 2. The monoisotopic (exact) mass is 364 g/mol. The summed E-state index contributed by atoms with van der Waals surface area (Å²) in [5.74, 6) is -0.0153. The highest BCUT2D eigenvalue weighted by Crippen LogP contribution is 2.43. The van der Waals surface area contributed by atoms with E-state index < -0.39 is 5.41 Å². The number of rotatable bonds is 3. The van der Waals surface area contributed by atoms with E-state index in [0.29, 0.717) is 30.2 Å². The zero-order valence-electron chi connectivity index (χ0n) is 14.8. The lowest BCUT2D eigenvalue weighted by atomic mass is 9.67. The van der Waals surface area contributed by atoms with Crippen LogP contribution >= 0.6 is 11.6 Å². The molecule has 2 aliphatic rings. The first kappa shape index (κ1) is 18.1. The minimum Gasteiger partial charge on any atom is -0.356 e. The lowest BCUT2D eigenvalue weighted by molar-refractivity contribution is -0.142. The quantitative estimate of drug-likeness (QED) is 0.888. The second-order valence-corrected chi connectivity index (χ2v) is 7.47. The average molecular weight is 365 g/mol. The Labute approximate surface area is 153 Å². The molecule has 6 nitrogen and oxygen atoms in total. The van der Waals surface area contributed by atoms with E-state index in [2.05, 4.69) is 15.2 Å². The molecule has 0 aromatic carbocycles. The molecule has 3 heterocycles. The van der Waals surface area contributed by atoms with Crippen LogP contribution in [0.2, 0.25) is 5.02 Å². The van der Waals surface area contributed by atoms with Crippen molar-refractivity contribution in [3.8, 4) is 0 Å². The first-order valence-electron chi connectivity index (χ1n) is 8.86. The van der Waals surface area contributed by atoms with Gasteiger partial charge in [0.2, 0.25) is 5.91 Å². The maximum Gasteiger partial charge on any atom is 0.255 e. The van der Waals surface area contributed by atoms with Crippen molar-refractivity contribution >= 4 is 23.4 Å². The molecule has 0 unspecified atom stereocenters. The van der Waals surface area contributed by atoms with Gasteiger partial charge in [0.25, 0.3) is 5.91 Å². The van der Waals surface area contributed by atoms with Crippen molar-refractivity contribution < 1.29 is 9.59 Å². The fraction of sp³-hybridized carbons (Fsp3) is 0.611. The van der Waals surface area contributed by atoms with Crippen LogP contribution in [0.25, 0.3) is 0 Å². The van der Waals surface area contributed by atoms with E-state index in [1.807, 2.05) is 18.9 Å². The molecule has 3 rings (SSSR count). The van der Waals surface area contributed by atoms with Crippen molar-refractivity contribution in [2.75, 3.05) is 33.2 Å². The van der Waals surface area contributed by atoms with Crippen LogP contribution in [0.4, 0.5) is 0 Å². The standard InChI is InChI=1S/C18H25ClN4O2/c1-3-21-17(25)18-5-4-7-23(15(18)12-22(2)8-6-18)16(24)13-9-14(19)11-20-10-13/h9-11,15H,3-8,12H2,1-2H3,(H,21,25)/t15-,18+/m0/s1. The molecule has 0 spiro atoms. The Morgan fingerprint density at radius 1 is 1.36 bits per heavy atom. The van der Waals surface area contributed by atoms with E-state index in [0.717, 1.165) is 25.8 Å². The molecule has 2 amide bonds. The first-order chi connectivity index (χ1) is 12.0. The second-order valence-electron chi connectivity index (χ2n) is 7.04. The van der Waals surface area contributed by atoms with Gasteiger partial charge in [-0.25, -0.2) is 0 Å². The number of pyridine rings is 1. The maximum atomic E-state index is 13.1. The first-order valence-corrected chi connectivity index (χ1v) is 9.24. The minimum atomic E-state index is -0.498. The molecule has 0 aliphatic carbocycles. The van der Waals surface area contributed by atoms with Gasteiger partial charge in [0.05, 0.1) is 22.0 Å². The van der Waals surface area contributed by atoms with E-state index in [9.17, 15) is 9.59 Å². The predicted molar refractivity (Wildman–Crippen MR) is 96.5 cm³/mol. The molecule has 2 saturated heterocycles. The number of carbonyl (C=O) groups is 2. The highest BCUT2D eigenvalue weighted by Gasteiger charge is 2.53. The molecule has 2 aliphatic heterocycles. The van der Waals surface area contributed by atoms with Gasteiger partial charge in [-0.15, -0.1) is 0 Å². The molecule has 1 N–H and O–H groups in total. The fourth-order valence-corrected chi connectivity index (χ4v) is 4.35. The van der Waals surface area contributed by atoms with Crippen LogP contribution < -0.4 is 5.32 Å². The third kappa shape index (κ3) is 3.37. The Hall–Kier alpha value is -1.66. The largest absolute Gasteiger partial charge is 0.356 e. The van der Waals surface area contributed by atoms with Gasteiger partial charge in [-0.3, -0.25) is 14.6 Å². The number of carbonyl (C=O) groups excluding carboxylic acids is 2. The number of hydrogen-bond donors (Lipinski definition) is 1. The molecule has 0 radical (unpaired) electrons. The number of likely N-dealkylation sites (tertiary alicyclic amines) is 2. The van der Waals surface area contributed by atoms with E-state index in [-0.39, 0.29) is 17.9 Å². The smallest absolute Gasteiger partial charge is 0.255 e. The van der Waals surface area contributed by atoms with Crippen LogP contribution in [-0.4, -0.2) is 65.9 Å². The summed E-state index contributed by atoms with van der Waals surface area (Å²) in [6.07, 6.45) is 5.49. The molecule has 7 heteroatoms. The van der Waals surface area contributed by atoms with Crippen molar-refractivity contribution in [2.24, 2.45) is 5.41 Å². The number of aromatic nitrogens is 1. The van der Waals surface area contributed by atoms with Gasteiger partial charge >= 0.3 is 0 Å². The lowest BCUT2D eigenvalue weighted by Crippen LogP contribution is -2.66. The molecule has 2 atom stereocenters. The number of likely N-dealkylation sites (N-methyl/N-ethyl adjacent to an activating group) is 1. The summed E-state index contributed by atoms with van der Waals surface area (Å²) < 4.78 is 0. The minimum absolute atomic E-state index is 0.0785. The molecule has 1 aromatic rings. The number of nitrogens with one attached hydrogen (secondary N) is 1. The van der Waals surface area contributed by atoms with E-state index in [1.165, 1.54) is 6.20 Å². The van der Waals surface area contributed by atoms with Gasteiger partial charge in [-0.2, -0.15) is 0 Å². The summed E-state index contributed by atoms with van der Waals surface area (Å²) in [6.45, 7) is 4.77. The zero-order chi connectivity index (χ0) is 18.0.